The number of hydrogen-bond donors (Lipinski definition) is 1. The van der Waals surface area contributed by atoms with Crippen molar-refractivity contribution in [2.24, 2.45) is 0 Å². The van der Waals surface area contributed by atoms with Gasteiger partial charge in [-0.2, -0.15) is 13.2 Å². The molecule has 1 heterocycles. The zero-order valence-corrected chi connectivity index (χ0v) is 11.8. The average Bonchev–Trinajstić information content (AvgIpc) is 2.92. The first-order chi connectivity index (χ1) is 9.85. The van der Waals surface area contributed by atoms with E-state index in [2.05, 4.69) is 10.3 Å². The Morgan fingerprint density at radius 3 is 2.52 bits per heavy atom. The summed E-state index contributed by atoms with van der Waals surface area (Å²) in [6, 6.07) is 5.04. The fourth-order valence-corrected chi connectivity index (χ4v) is 2.16. The molecular formula is C13H12F3N3OS. The van der Waals surface area contributed by atoms with Gasteiger partial charge in [-0.25, -0.2) is 4.98 Å². The van der Waals surface area contributed by atoms with E-state index in [0.29, 0.717) is 5.69 Å². The van der Waals surface area contributed by atoms with Crippen molar-refractivity contribution >= 4 is 23.4 Å². The van der Waals surface area contributed by atoms with Crippen LogP contribution in [0.2, 0.25) is 0 Å². The van der Waals surface area contributed by atoms with Crippen LogP contribution in [0.5, 0.6) is 0 Å². The van der Waals surface area contributed by atoms with Gasteiger partial charge >= 0.3 is 5.51 Å². The first kappa shape index (κ1) is 15.4. The molecule has 0 aliphatic heterocycles. The highest BCUT2D eigenvalue weighted by Gasteiger charge is 2.29. The predicted octanol–water partition coefficient (Wildman–Crippen LogP) is 3.69. The molecule has 0 bridgehead atoms. The summed E-state index contributed by atoms with van der Waals surface area (Å²) in [5, 5.41) is 2.64. The summed E-state index contributed by atoms with van der Waals surface area (Å²) < 4.78 is 38.2. The minimum atomic E-state index is -4.32. The van der Waals surface area contributed by atoms with E-state index in [4.69, 9.17) is 0 Å². The standard InChI is InChI=1S/C13H12F3N3OS/c1-9(19-7-6-17-8-19)12(20)18-10-2-4-11(5-3-10)21-13(14,15)16/h2-9H,1H3,(H,18,20)/t9-/m1/s1. The van der Waals surface area contributed by atoms with Crippen LogP contribution in [-0.2, 0) is 4.79 Å². The molecule has 0 radical (unpaired) electrons. The largest absolute Gasteiger partial charge is 0.446 e. The number of anilines is 1. The summed E-state index contributed by atoms with van der Waals surface area (Å²) in [4.78, 5) is 15.9. The van der Waals surface area contributed by atoms with Gasteiger partial charge in [-0.1, -0.05) is 0 Å². The van der Waals surface area contributed by atoms with Gasteiger partial charge in [0.05, 0.1) is 6.33 Å². The van der Waals surface area contributed by atoms with Crippen LogP contribution in [0.4, 0.5) is 18.9 Å². The lowest BCUT2D eigenvalue weighted by Gasteiger charge is -2.13. The lowest BCUT2D eigenvalue weighted by molar-refractivity contribution is -0.118. The van der Waals surface area contributed by atoms with Crippen LogP contribution >= 0.6 is 11.8 Å². The van der Waals surface area contributed by atoms with Gasteiger partial charge in [0.2, 0.25) is 5.91 Å². The lowest BCUT2D eigenvalue weighted by atomic mass is 10.2. The van der Waals surface area contributed by atoms with Crippen LogP contribution in [0.15, 0.2) is 47.9 Å². The monoisotopic (exact) mass is 315 g/mol. The molecule has 21 heavy (non-hydrogen) atoms. The van der Waals surface area contributed by atoms with Gasteiger partial charge in [0.1, 0.15) is 6.04 Å². The first-order valence-corrected chi connectivity index (χ1v) is 6.81. The van der Waals surface area contributed by atoms with Gasteiger partial charge in [0.15, 0.2) is 0 Å². The van der Waals surface area contributed by atoms with E-state index in [1.54, 1.807) is 23.9 Å². The summed E-state index contributed by atoms with van der Waals surface area (Å²) in [6.45, 7) is 1.70. The Bertz CT molecular complexity index is 596. The average molecular weight is 315 g/mol. The van der Waals surface area contributed by atoms with Crippen molar-refractivity contribution in [3.8, 4) is 0 Å². The van der Waals surface area contributed by atoms with Gasteiger partial charge in [0.25, 0.3) is 0 Å². The number of thioether (sulfide) groups is 1. The summed E-state index contributed by atoms with van der Waals surface area (Å²) in [5.41, 5.74) is -3.88. The fraction of sp³-hybridized carbons (Fsp3) is 0.231. The highest BCUT2D eigenvalue weighted by Crippen LogP contribution is 2.37. The van der Waals surface area contributed by atoms with Crippen molar-refractivity contribution in [3.05, 3.63) is 43.0 Å². The zero-order chi connectivity index (χ0) is 15.5. The molecule has 1 aromatic carbocycles. The van der Waals surface area contributed by atoms with Crippen LogP contribution < -0.4 is 5.32 Å². The third-order valence-corrected chi connectivity index (χ3v) is 3.45. The Labute approximate surface area is 123 Å². The number of nitrogens with one attached hydrogen (secondary N) is 1. The third kappa shape index (κ3) is 4.52. The van der Waals surface area contributed by atoms with Crippen LogP contribution in [0, 0.1) is 0 Å². The van der Waals surface area contributed by atoms with Crippen molar-refractivity contribution in [2.75, 3.05) is 5.32 Å². The molecule has 0 unspecified atom stereocenters. The summed E-state index contributed by atoms with van der Waals surface area (Å²) in [6.07, 6.45) is 4.74. The number of aromatic nitrogens is 2. The summed E-state index contributed by atoms with van der Waals surface area (Å²) in [5.74, 6) is -0.274. The normalized spacial score (nSPS) is 13.0. The molecule has 0 aliphatic carbocycles. The van der Waals surface area contributed by atoms with Gasteiger partial charge in [0, 0.05) is 23.0 Å². The van der Waals surface area contributed by atoms with Crippen molar-refractivity contribution in [1.82, 2.24) is 9.55 Å². The number of carbonyl (C=O) groups excluding carboxylic acids is 1. The van der Waals surface area contributed by atoms with Crippen LogP contribution in [-0.4, -0.2) is 21.0 Å². The molecule has 0 saturated heterocycles. The molecule has 0 fully saturated rings. The van der Waals surface area contributed by atoms with Gasteiger partial charge < -0.3 is 9.88 Å². The smallest absolute Gasteiger partial charge is 0.325 e. The van der Waals surface area contributed by atoms with Crippen molar-refractivity contribution in [2.45, 2.75) is 23.4 Å². The predicted molar refractivity (Wildman–Crippen MR) is 73.9 cm³/mol. The molecule has 1 aromatic heterocycles. The quantitative estimate of drug-likeness (QED) is 0.875. The van der Waals surface area contributed by atoms with Crippen LogP contribution in [0.25, 0.3) is 0 Å². The van der Waals surface area contributed by atoms with E-state index >= 15 is 0 Å². The molecule has 0 spiro atoms. The maximum absolute atomic E-state index is 12.2. The number of imidazole rings is 1. The highest BCUT2D eigenvalue weighted by atomic mass is 32.2. The molecule has 112 valence electrons. The molecule has 1 atom stereocenters. The van der Waals surface area contributed by atoms with E-state index < -0.39 is 11.6 Å². The maximum Gasteiger partial charge on any atom is 0.446 e. The molecular weight excluding hydrogens is 303 g/mol. The Balaban J connectivity index is 1.98. The molecule has 4 nitrogen and oxygen atoms in total. The van der Waals surface area contributed by atoms with E-state index in [1.165, 1.54) is 30.6 Å². The van der Waals surface area contributed by atoms with Crippen molar-refractivity contribution < 1.29 is 18.0 Å². The minimum Gasteiger partial charge on any atom is -0.325 e. The number of rotatable bonds is 4. The lowest BCUT2D eigenvalue weighted by Crippen LogP contribution is -2.22. The Hall–Kier alpha value is -1.96. The van der Waals surface area contributed by atoms with E-state index in [1.807, 2.05) is 0 Å². The molecule has 2 rings (SSSR count). The Morgan fingerprint density at radius 1 is 1.33 bits per heavy atom. The molecule has 0 aliphatic rings. The SMILES string of the molecule is C[C@H](C(=O)Nc1ccc(SC(F)(F)F)cc1)n1ccnc1. The number of halogens is 3. The molecule has 0 saturated carbocycles. The summed E-state index contributed by atoms with van der Waals surface area (Å²) >= 11 is -0.192. The van der Waals surface area contributed by atoms with Crippen LogP contribution in [0.3, 0.4) is 0 Å². The zero-order valence-electron chi connectivity index (χ0n) is 11.0. The second-order valence-corrected chi connectivity index (χ2v) is 5.39. The fourth-order valence-electron chi connectivity index (χ4n) is 1.62. The van der Waals surface area contributed by atoms with Crippen molar-refractivity contribution in [1.29, 1.82) is 0 Å². The second kappa shape index (κ2) is 6.21. The molecule has 1 amide bonds. The molecule has 1 N–H and O–H groups in total. The Kier molecular flexibility index (Phi) is 4.56. The summed E-state index contributed by atoms with van der Waals surface area (Å²) in [7, 11) is 0. The highest BCUT2D eigenvalue weighted by molar-refractivity contribution is 8.00. The molecule has 2 aromatic rings. The van der Waals surface area contributed by atoms with Gasteiger partial charge in [-0.05, 0) is 43.0 Å². The minimum absolute atomic E-state index is 0.0724. The Morgan fingerprint density at radius 2 is 2.00 bits per heavy atom. The van der Waals surface area contributed by atoms with Gasteiger partial charge in [-0.3, -0.25) is 4.79 Å². The first-order valence-electron chi connectivity index (χ1n) is 5.99. The number of amides is 1. The number of nitrogens with zero attached hydrogens (tertiary/aromatic N) is 2. The maximum atomic E-state index is 12.2. The number of carbonyl (C=O) groups is 1. The van der Waals surface area contributed by atoms with Crippen LogP contribution in [0.1, 0.15) is 13.0 Å². The van der Waals surface area contributed by atoms with Crippen molar-refractivity contribution in [3.63, 3.8) is 0 Å². The topological polar surface area (TPSA) is 46.9 Å². The third-order valence-electron chi connectivity index (χ3n) is 2.71. The number of hydrogen-bond acceptors (Lipinski definition) is 3. The second-order valence-electron chi connectivity index (χ2n) is 4.25. The van der Waals surface area contributed by atoms with Gasteiger partial charge in [-0.15, -0.1) is 0 Å². The van der Waals surface area contributed by atoms with E-state index in [0.717, 1.165) is 0 Å². The number of alkyl halides is 3. The van der Waals surface area contributed by atoms with E-state index in [-0.39, 0.29) is 22.6 Å². The molecule has 8 heteroatoms. The number of benzene rings is 1. The van der Waals surface area contributed by atoms with E-state index in [9.17, 15) is 18.0 Å².